The second kappa shape index (κ2) is 15.6. The minimum Gasteiger partial charge on any atom is -0.324 e. The fourth-order valence-electron chi connectivity index (χ4n) is 6.35. The van der Waals surface area contributed by atoms with E-state index in [2.05, 4.69) is 181 Å². The van der Waals surface area contributed by atoms with Crippen molar-refractivity contribution in [3.63, 3.8) is 0 Å². The van der Waals surface area contributed by atoms with Gasteiger partial charge < -0.3 is 21.3 Å². The van der Waals surface area contributed by atoms with Crippen LogP contribution in [-0.2, 0) is 0 Å². The Morgan fingerprint density at radius 1 is 0.375 bits per heavy atom. The van der Waals surface area contributed by atoms with Crippen LogP contribution in [0.5, 0.6) is 0 Å². The van der Waals surface area contributed by atoms with E-state index in [1.54, 1.807) is 0 Å². The second-order valence-electron chi connectivity index (χ2n) is 12.4. The van der Waals surface area contributed by atoms with Gasteiger partial charge in [-0.1, -0.05) is 112 Å². The molecule has 0 aromatic heterocycles. The zero-order valence-corrected chi connectivity index (χ0v) is 28.0. The van der Waals surface area contributed by atoms with E-state index in [0.717, 1.165) is 59.8 Å². The van der Waals surface area contributed by atoms with Crippen LogP contribution < -0.4 is 21.3 Å². The van der Waals surface area contributed by atoms with Crippen LogP contribution in [-0.4, -0.2) is 0 Å². The Kier molecular flexibility index (Phi) is 10.7. The summed E-state index contributed by atoms with van der Waals surface area (Å²) >= 11 is 0. The average Bonchev–Trinajstić information content (AvgIpc) is 3.14. The van der Waals surface area contributed by atoms with Gasteiger partial charge in [0.25, 0.3) is 0 Å². The molecule has 6 aromatic rings. The van der Waals surface area contributed by atoms with Gasteiger partial charge in [-0.05, 0) is 108 Å². The minimum atomic E-state index is 0.0645. The van der Waals surface area contributed by atoms with Gasteiger partial charge in [0.2, 0.25) is 0 Å². The molecule has 0 saturated heterocycles. The van der Waals surface area contributed by atoms with Crippen molar-refractivity contribution >= 4 is 34.1 Å². The first-order valence-corrected chi connectivity index (χ1v) is 17.2. The van der Waals surface area contributed by atoms with Crippen LogP contribution in [0.2, 0.25) is 0 Å². The van der Waals surface area contributed by atoms with Gasteiger partial charge in [-0.25, -0.2) is 0 Å². The van der Waals surface area contributed by atoms with Gasteiger partial charge in [0.1, 0.15) is 0 Å². The number of nitrogens with zero attached hydrogens (tertiary/aromatic N) is 2. The fourth-order valence-corrected chi connectivity index (χ4v) is 6.35. The summed E-state index contributed by atoms with van der Waals surface area (Å²) in [5, 5.41) is 0. The third-order valence-electron chi connectivity index (χ3n) is 8.97. The number of nitrogens with two attached hydrogens (primary N) is 2. The van der Waals surface area contributed by atoms with Crippen molar-refractivity contribution in [2.24, 2.45) is 11.5 Å². The highest BCUT2D eigenvalue weighted by molar-refractivity contribution is 5.80. The standard InChI is InChI=1S/C44H46N4/c1-3-11-43(45)35-21-29-41(30-22-35)47(37-13-7-5-8-14-37)39-25-17-33(18-26-39)34-19-27-40(28-20-34)48(38-15-9-6-10-16-38)42-31-23-36(24-32-42)44(46)12-4-2/h5-10,13-32,43-44H,3-4,11-12,45-46H2,1-2H3. The zero-order chi connectivity index (χ0) is 33.3. The van der Waals surface area contributed by atoms with Crippen molar-refractivity contribution in [3.05, 3.63) is 169 Å². The number of anilines is 6. The van der Waals surface area contributed by atoms with Crippen LogP contribution in [0.3, 0.4) is 0 Å². The highest BCUT2D eigenvalue weighted by Crippen LogP contribution is 2.38. The second-order valence-corrected chi connectivity index (χ2v) is 12.4. The summed E-state index contributed by atoms with van der Waals surface area (Å²) < 4.78 is 0. The summed E-state index contributed by atoms with van der Waals surface area (Å²) in [5.74, 6) is 0. The Balaban J connectivity index is 1.27. The normalized spacial score (nSPS) is 12.3. The molecule has 0 bridgehead atoms. The van der Waals surface area contributed by atoms with Gasteiger partial charge >= 0.3 is 0 Å². The summed E-state index contributed by atoms with van der Waals surface area (Å²) in [5.41, 5.74) is 24.1. The molecule has 0 saturated carbocycles. The molecule has 0 amide bonds. The van der Waals surface area contributed by atoms with Crippen molar-refractivity contribution in [1.29, 1.82) is 0 Å². The molecule has 0 fully saturated rings. The predicted molar refractivity (Wildman–Crippen MR) is 205 cm³/mol. The number of para-hydroxylation sites is 2. The summed E-state index contributed by atoms with van der Waals surface area (Å²) in [6.45, 7) is 4.35. The molecular weight excluding hydrogens is 585 g/mol. The van der Waals surface area contributed by atoms with E-state index in [1.165, 1.54) is 22.3 Å². The molecule has 0 heterocycles. The maximum absolute atomic E-state index is 6.41. The number of hydrogen-bond donors (Lipinski definition) is 2. The Hall–Kier alpha value is -5.16. The smallest absolute Gasteiger partial charge is 0.0462 e. The SMILES string of the molecule is CCCC(N)c1ccc(N(c2ccccc2)c2ccc(-c3ccc(N(c4ccccc4)c4ccc(C(N)CCC)cc4)cc3)cc2)cc1. The van der Waals surface area contributed by atoms with Crippen LogP contribution in [0.25, 0.3) is 11.1 Å². The highest BCUT2D eigenvalue weighted by atomic mass is 15.1. The first-order chi connectivity index (χ1) is 23.6. The van der Waals surface area contributed by atoms with Gasteiger partial charge in [0.15, 0.2) is 0 Å². The van der Waals surface area contributed by atoms with E-state index in [0.29, 0.717) is 0 Å². The summed E-state index contributed by atoms with van der Waals surface area (Å²) in [7, 11) is 0. The van der Waals surface area contributed by atoms with E-state index in [4.69, 9.17) is 11.5 Å². The number of benzene rings is 6. The molecule has 48 heavy (non-hydrogen) atoms. The quantitative estimate of drug-likeness (QED) is 0.133. The van der Waals surface area contributed by atoms with Gasteiger partial charge in [0, 0.05) is 46.2 Å². The lowest BCUT2D eigenvalue weighted by Gasteiger charge is -2.26. The average molecular weight is 631 g/mol. The lowest BCUT2D eigenvalue weighted by molar-refractivity contribution is 0.638. The Bertz CT molecular complexity index is 1690. The third kappa shape index (κ3) is 7.52. The Morgan fingerprint density at radius 3 is 0.938 bits per heavy atom. The first kappa shape index (κ1) is 32.8. The monoisotopic (exact) mass is 630 g/mol. The van der Waals surface area contributed by atoms with E-state index >= 15 is 0 Å². The lowest BCUT2D eigenvalue weighted by atomic mass is 10.0. The van der Waals surface area contributed by atoms with Gasteiger partial charge in [-0.3, -0.25) is 0 Å². The maximum atomic E-state index is 6.41. The minimum absolute atomic E-state index is 0.0645. The topological polar surface area (TPSA) is 58.5 Å². The van der Waals surface area contributed by atoms with Crippen molar-refractivity contribution in [2.75, 3.05) is 9.80 Å². The van der Waals surface area contributed by atoms with E-state index in [9.17, 15) is 0 Å². The zero-order valence-electron chi connectivity index (χ0n) is 28.0. The summed E-state index contributed by atoms with van der Waals surface area (Å²) in [6.07, 6.45) is 4.11. The fraction of sp³-hybridized carbons (Fsp3) is 0.182. The molecule has 4 nitrogen and oxygen atoms in total. The molecular formula is C44H46N4. The van der Waals surface area contributed by atoms with Crippen molar-refractivity contribution in [2.45, 2.75) is 51.6 Å². The van der Waals surface area contributed by atoms with Crippen LogP contribution >= 0.6 is 0 Å². The molecule has 0 radical (unpaired) electrons. The number of rotatable bonds is 13. The Labute approximate surface area is 286 Å². The van der Waals surface area contributed by atoms with Gasteiger partial charge in [0.05, 0.1) is 0 Å². The van der Waals surface area contributed by atoms with Gasteiger partial charge in [-0.2, -0.15) is 0 Å². The highest BCUT2D eigenvalue weighted by Gasteiger charge is 2.16. The van der Waals surface area contributed by atoms with Crippen LogP contribution in [0.1, 0.15) is 62.7 Å². The molecule has 4 N–H and O–H groups in total. The molecule has 2 unspecified atom stereocenters. The molecule has 0 aliphatic carbocycles. The van der Waals surface area contributed by atoms with Crippen LogP contribution in [0, 0.1) is 0 Å². The van der Waals surface area contributed by atoms with Crippen molar-refractivity contribution < 1.29 is 0 Å². The molecule has 6 rings (SSSR count). The van der Waals surface area contributed by atoms with Crippen LogP contribution in [0.15, 0.2) is 158 Å². The van der Waals surface area contributed by atoms with Gasteiger partial charge in [-0.15, -0.1) is 0 Å². The number of hydrogen-bond acceptors (Lipinski definition) is 4. The van der Waals surface area contributed by atoms with Crippen LogP contribution in [0.4, 0.5) is 34.1 Å². The van der Waals surface area contributed by atoms with E-state index < -0.39 is 0 Å². The van der Waals surface area contributed by atoms with Crippen molar-refractivity contribution in [3.8, 4) is 11.1 Å². The van der Waals surface area contributed by atoms with E-state index in [1.807, 2.05) is 0 Å². The van der Waals surface area contributed by atoms with E-state index in [-0.39, 0.29) is 12.1 Å². The molecule has 0 aliphatic heterocycles. The third-order valence-corrected chi connectivity index (χ3v) is 8.97. The molecule has 6 aromatic carbocycles. The summed E-state index contributed by atoms with van der Waals surface area (Å²) in [6, 6.07) is 56.2. The lowest BCUT2D eigenvalue weighted by Crippen LogP contribution is -2.12. The molecule has 4 heteroatoms. The molecule has 0 aliphatic rings. The molecule has 2 atom stereocenters. The predicted octanol–water partition coefficient (Wildman–Crippen LogP) is 11.9. The van der Waals surface area contributed by atoms with Crippen molar-refractivity contribution in [1.82, 2.24) is 0 Å². The maximum Gasteiger partial charge on any atom is 0.0462 e. The summed E-state index contributed by atoms with van der Waals surface area (Å²) in [4.78, 5) is 4.58. The molecule has 242 valence electrons. The Morgan fingerprint density at radius 2 is 0.646 bits per heavy atom. The largest absolute Gasteiger partial charge is 0.324 e. The molecule has 0 spiro atoms. The first-order valence-electron chi connectivity index (χ1n) is 17.2.